The van der Waals surface area contributed by atoms with Gasteiger partial charge >= 0.3 is 0 Å². The molecule has 1 heterocycles. The standard InChI is InChI=1S/C11H13N2O/c1-3-6-14-9-4-5-10-11(7-9)13(2)8-12-10/h4-5,7H,3,6H2,1-2H3. The Labute approximate surface area is 83.3 Å². The van der Waals surface area contributed by atoms with E-state index in [1.54, 1.807) is 0 Å². The minimum atomic E-state index is 0.757. The number of benzene rings is 1. The highest BCUT2D eigenvalue weighted by Gasteiger charge is 2.01. The van der Waals surface area contributed by atoms with Gasteiger partial charge in [0, 0.05) is 13.1 Å². The summed E-state index contributed by atoms with van der Waals surface area (Å²) in [5.41, 5.74) is 2.01. The summed E-state index contributed by atoms with van der Waals surface area (Å²) in [4.78, 5) is 4.12. The summed E-state index contributed by atoms with van der Waals surface area (Å²) < 4.78 is 7.40. The number of rotatable bonds is 3. The number of aromatic nitrogens is 2. The van der Waals surface area contributed by atoms with Crippen LogP contribution in [-0.4, -0.2) is 16.2 Å². The van der Waals surface area contributed by atoms with Crippen LogP contribution < -0.4 is 4.74 Å². The van der Waals surface area contributed by atoms with Crippen molar-refractivity contribution < 1.29 is 4.74 Å². The van der Waals surface area contributed by atoms with Crippen molar-refractivity contribution >= 4 is 11.0 Å². The van der Waals surface area contributed by atoms with Gasteiger partial charge in [0.15, 0.2) is 6.33 Å². The van der Waals surface area contributed by atoms with Crippen LogP contribution >= 0.6 is 0 Å². The fraction of sp³-hybridized carbons (Fsp3) is 0.364. The molecule has 0 spiro atoms. The molecule has 0 unspecified atom stereocenters. The lowest BCUT2D eigenvalue weighted by atomic mass is 10.3. The van der Waals surface area contributed by atoms with Gasteiger partial charge in [-0.1, -0.05) is 6.92 Å². The molecule has 0 saturated carbocycles. The minimum Gasteiger partial charge on any atom is -0.494 e. The molecule has 2 rings (SSSR count). The summed E-state index contributed by atoms with van der Waals surface area (Å²) in [6.45, 7) is 2.85. The first-order valence-corrected chi connectivity index (χ1v) is 4.78. The van der Waals surface area contributed by atoms with E-state index >= 15 is 0 Å². The fourth-order valence-corrected chi connectivity index (χ4v) is 1.36. The number of imidazole rings is 1. The van der Waals surface area contributed by atoms with E-state index in [4.69, 9.17) is 4.74 Å². The van der Waals surface area contributed by atoms with E-state index in [2.05, 4.69) is 18.2 Å². The molecule has 73 valence electrons. The number of fused-ring (bicyclic) bond motifs is 1. The Hall–Kier alpha value is -1.51. The third kappa shape index (κ3) is 1.58. The molecule has 0 atom stereocenters. The van der Waals surface area contributed by atoms with E-state index in [1.807, 2.05) is 29.8 Å². The van der Waals surface area contributed by atoms with Gasteiger partial charge in [0.1, 0.15) is 5.75 Å². The number of hydrogen-bond acceptors (Lipinski definition) is 2. The maximum atomic E-state index is 5.53. The summed E-state index contributed by atoms with van der Waals surface area (Å²) in [5.74, 6) is 0.899. The minimum absolute atomic E-state index is 0.757. The van der Waals surface area contributed by atoms with Crippen LogP contribution in [0.1, 0.15) is 13.3 Å². The molecule has 0 saturated heterocycles. The highest BCUT2D eigenvalue weighted by atomic mass is 16.5. The van der Waals surface area contributed by atoms with Crippen molar-refractivity contribution in [3.63, 3.8) is 0 Å². The second-order valence-electron chi connectivity index (χ2n) is 3.27. The molecule has 0 amide bonds. The monoisotopic (exact) mass is 189 g/mol. The normalized spacial score (nSPS) is 10.7. The van der Waals surface area contributed by atoms with Crippen molar-refractivity contribution in [3.05, 3.63) is 24.5 Å². The molecular formula is C11H13N2O. The lowest BCUT2D eigenvalue weighted by molar-refractivity contribution is 0.318. The highest BCUT2D eigenvalue weighted by Crippen LogP contribution is 2.19. The van der Waals surface area contributed by atoms with E-state index < -0.39 is 0 Å². The summed E-state index contributed by atoms with van der Waals surface area (Å²) in [7, 11) is 1.93. The molecule has 1 aromatic heterocycles. The van der Waals surface area contributed by atoms with Crippen LogP contribution in [0.5, 0.6) is 5.75 Å². The fourth-order valence-electron chi connectivity index (χ4n) is 1.36. The van der Waals surface area contributed by atoms with Crippen molar-refractivity contribution in [2.24, 2.45) is 7.05 Å². The van der Waals surface area contributed by atoms with Crippen LogP contribution in [0.4, 0.5) is 0 Å². The zero-order chi connectivity index (χ0) is 9.97. The van der Waals surface area contributed by atoms with E-state index in [0.29, 0.717) is 0 Å². The van der Waals surface area contributed by atoms with Gasteiger partial charge in [-0.15, -0.1) is 0 Å². The van der Waals surface area contributed by atoms with E-state index in [-0.39, 0.29) is 0 Å². The van der Waals surface area contributed by atoms with Gasteiger partial charge in [0.05, 0.1) is 17.6 Å². The molecule has 1 aromatic carbocycles. The van der Waals surface area contributed by atoms with Gasteiger partial charge in [-0.05, 0) is 18.6 Å². The molecule has 2 aromatic rings. The van der Waals surface area contributed by atoms with Crippen LogP contribution in [0, 0.1) is 6.33 Å². The maximum absolute atomic E-state index is 5.53. The van der Waals surface area contributed by atoms with E-state index in [9.17, 15) is 0 Å². The molecule has 3 heteroatoms. The number of hydrogen-bond donors (Lipinski definition) is 0. The Kier molecular flexibility index (Phi) is 2.39. The second-order valence-corrected chi connectivity index (χ2v) is 3.27. The molecule has 0 aliphatic heterocycles. The first-order chi connectivity index (χ1) is 6.81. The molecule has 0 aliphatic rings. The molecule has 14 heavy (non-hydrogen) atoms. The van der Waals surface area contributed by atoms with Crippen molar-refractivity contribution in [1.82, 2.24) is 9.55 Å². The van der Waals surface area contributed by atoms with E-state index in [0.717, 1.165) is 29.8 Å². The highest BCUT2D eigenvalue weighted by molar-refractivity contribution is 5.76. The van der Waals surface area contributed by atoms with Crippen molar-refractivity contribution in [1.29, 1.82) is 0 Å². The Morgan fingerprint density at radius 3 is 3.14 bits per heavy atom. The molecular weight excluding hydrogens is 176 g/mol. The largest absolute Gasteiger partial charge is 0.494 e. The summed E-state index contributed by atoms with van der Waals surface area (Å²) >= 11 is 0. The van der Waals surface area contributed by atoms with Gasteiger partial charge in [0.2, 0.25) is 0 Å². The van der Waals surface area contributed by atoms with Gasteiger partial charge < -0.3 is 9.30 Å². The lowest BCUT2D eigenvalue weighted by Crippen LogP contribution is -1.95. The predicted molar refractivity (Wildman–Crippen MR) is 55.3 cm³/mol. The van der Waals surface area contributed by atoms with Gasteiger partial charge in [-0.3, -0.25) is 0 Å². The Morgan fingerprint density at radius 2 is 2.36 bits per heavy atom. The molecule has 1 radical (unpaired) electrons. The topological polar surface area (TPSA) is 27.1 Å². The second kappa shape index (κ2) is 3.70. The first-order valence-electron chi connectivity index (χ1n) is 4.78. The molecule has 0 N–H and O–H groups in total. The molecule has 0 bridgehead atoms. The van der Waals surface area contributed by atoms with Crippen LogP contribution in [-0.2, 0) is 7.05 Å². The lowest BCUT2D eigenvalue weighted by Gasteiger charge is -2.04. The van der Waals surface area contributed by atoms with Crippen molar-refractivity contribution in [2.45, 2.75) is 13.3 Å². The Balaban J connectivity index is 2.34. The van der Waals surface area contributed by atoms with Crippen LogP contribution in [0.15, 0.2) is 18.2 Å². The van der Waals surface area contributed by atoms with Crippen LogP contribution in [0.2, 0.25) is 0 Å². The summed E-state index contributed by atoms with van der Waals surface area (Å²) in [6.07, 6.45) is 3.89. The predicted octanol–water partition coefficient (Wildman–Crippen LogP) is 2.16. The summed E-state index contributed by atoms with van der Waals surface area (Å²) in [5, 5.41) is 0. The zero-order valence-electron chi connectivity index (χ0n) is 8.45. The third-order valence-electron chi connectivity index (χ3n) is 2.10. The SMILES string of the molecule is CCCOc1ccc2n[c]n(C)c2c1. The Bertz CT molecular complexity index is 434. The third-order valence-corrected chi connectivity index (χ3v) is 2.10. The number of ether oxygens (including phenoxy) is 1. The average molecular weight is 189 g/mol. The zero-order valence-corrected chi connectivity index (χ0v) is 8.45. The van der Waals surface area contributed by atoms with Crippen molar-refractivity contribution in [3.8, 4) is 5.75 Å². The van der Waals surface area contributed by atoms with Crippen LogP contribution in [0.3, 0.4) is 0 Å². The molecule has 0 aliphatic carbocycles. The van der Waals surface area contributed by atoms with E-state index in [1.165, 1.54) is 0 Å². The Morgan fingerprint density at radius 1 is 1.50 bits per heavy atom. The molecule has 3 nitrogen and oxygen atoms in total. The molecule has 0 fully saturated rings. The van der Waals surface area contributed by atoms with Crippen molar-refractivity contribution in [2.75, 3.05) is 6.61 Å². The number of nitrogens with zero attached hydrogens (tertiary/aromatic N) is 2. The van der Waals surface area contributed by atoms with Crippen LogP contribution in [0.25, 0.3) is 11.0 Å². The van der Waals surface area contributed by atoms with Gasteiger partial charge in [0.25, 0.3) is 0 Å². The first kappa shape index (κ1) is 9.06. The van der Waals surface area contributed by atoms with Gasteiger partial charge in [-0.2, -0.15) is 0 Å². The number of aryl methyl sites for hydroxylation is 1. The maximum Gasteiger partial charge on any atom is 0.177 e. The quantitative estimate of drug-likeness (QED) is 0.739. The summed E-state index contributed by atoms with van der Waals surface area (Å²) in [6, 6.07) is 5.89. The smallest absolute Gasteiger partial charge is 0.177 e. The van der Waals surface area contributed by atoms with Gasteiger partial charge in [-0.25, -0.2) is 4.98 Å². The average Bonchev–Trinajstić information content (AvgIpc) is 2.57.